The van der Waals surface area contributed by atoms with E-state index in [0.29, 0.717) is 37.6 Å². The minimum absolute atomic E-state index is 0.208. The van der Waals surface area contributed by atoms with Gasteiger partial charge in [-0.05, 0) is 49.9 Å². The number of sulfonamides is 1. The normalized spacial score (nSPS) is 15.8. The fraction of sp³-hybridized carbons (Fsp3) is 0.381. The third-order valence-electron chi connectivity index (χ3n) is 4.88. The lowest BCUT2D eigenvalue weighted by Gasteiger charge is -2.31. The third-order valence-corrected chi connectivity index (χ3v) is 6.80. The molecule has 1 aliphatic rings. The summed E-state index contributed by atoms with van der Waals surface area (Å²) in [6, 6.07) is 13.7. The fourth-order valence-corrected chi connectivity index (χ4v) is 4.56. The molecular weight excluding hydrogens is 390 g/mol. The highest BCUT2D eigenvalue weighted by molar-refractivity contribution is 7.89. The summed E-state index contributed by atoms with van der Waals surface area (Å²) in [6.07, 6.45) is 0. The maximum Gasteiger partial charge on any atom is 0.251 e. The summed E-state index contributed by atoms with van der Waals surface area (Å²) in [6.45, 7) is 5.19. The van der Waals surface area contributed by atoms with Crippen molar-refractivity contribution in [1.82, 2.24) is 14.5 Å². The van der Waals surface area contributed by atoms with E-state index in [1.165, 1.54) is 4.31 Å². The van der Waals surface area contributed by atoms with Crippen LogP contribution < -0.4 is 10.1 Å². The van der Waals surface area contributed by atoms with Crippen LogP contribution >= 0.6 is 0 Å². The highest BCUT2D eigenvalue weighted by Gasteiger charge is 2.27. The molecule has 1 aliphatic heterocycles. The predicted molar refractivity (Wildman–Crippen MR) is 111 cm³/mol. The van der Waals surface area contributed by atoms with E-state index in [1.54, 1.807) is 48.5 Å². The Morgan fingerprint density at radius 3 is 2.41 bits per heavy atom. The Hall–Kier alpha value is -2.42. The number of carbonyl (C=O) groups is 1. The molecule has 0 saturated carbocycles. The smallest absolute Gasteiger partial charge is 0.251 e. The molecule has 0 bridgehead atoms. The third kappa shape index (κ3) is 5.35. The van der Waals surface area contributed by atoms with Crippen LogP contribution in [0, 0.1) is 0 Å². The molecule has 0 aromatic heterocycles. The highest BCUT2D eigenvalue weighted by Crippen LogP contribution is 2.18. The zero-order chi connectivity index (χ0) is 20.9. The average Bonchev–Trinajstić information content (AvgIpc) is 2.73. The lowest BCUT2D eigenvalue weighted by Crippen LogP contribution is -2.47. The molecule has 3 rings (SSSR count). The molecule has 156 valence electrons. The Morgan fingerprint density at radius 1 is 1.07 bits per heavy atom. The number of benzene rings is 2. The van der Waals surface area contributed by atoms with Gasteiger partial charge in [0.2, 0.25) is 10.0 Å². The fourth-order valence-electron chi connectivity index (χ4n) is 3.13. The molecular formula is C21H27N3O4S. The molecule has 1 N–H and O–H groups in total. The number of piperazine rings is 1. The first kappa shape index (κ1) is 21.3. The average molecular weight is 418 g/mol. The minimum Gasteiger partial charge on any atom is -0.494 e. The molecule has 0 spiro atoms. The number of rotatable bonds is 7. The van der Waals surface area contributed by atoms with Gasteiger partial charge < -0.3 is 15.0 Å². The van der Waals surface area contributed by atoms with E-state index < -0.39 is 10.0 Å². The van der Waals surface area contributed by atoms with E-state index in [-0.39, 0.29) is 10.8 Å². The van der Waals surface area contributed by atoms with Crippen molar-refractivity contribution in [3.63, 3.8) is 0 Å². The Morgan fingerprint density at radius 2 is 1.76 bits per heavy atom. The molecule has 1 amide bonds. The van der Waals surface area contributed by atoms with Gasteiger partial charge in [0.1, 0.15) is 5.75 Å². The van der Waals surface area contributed by atoms with Crippen molar-refractivity contribution < 1.29 is 17.9 Å². The van der Waals surface area contributed by atoms with Crippen molar-refractivity contribution in [3.05, 3.63) is 59.7 Å². The molecule has 8 heteroatoms. The van der Waals surface area contributed by atoms with Crippen LogP contribution in [-0.2, 0) is 16.6 Å². The van der Waals surface area contributed by atoms with Crippen LogP contribution in [0.2, 0.25) is 0 Å². The van der Waals surface area contributed by atoms with Crippen LogP contribution in [0.15, 0.2) is 53.4 Å². The first-order chi connectivity index (χ1) is 13.9. The van der Waals surface area contributed by atoms with Crippen molar-refractivity contribution in [1.29, 1.82) is 0 Å². The number of amides is 1. The number of hydrogen-bond acceptors (Lipinski definition) is 5. The van der Waals surface area contributed by atoms with E-state index in [4.69, 9.17) is 4.74 Å². The van der Waals surface area contributed by atoms with Gasteiger partial charge in [-0.15, -0.1) is 0 Å². The van der Waals surface area contributed by atoms with E-state index in [1.807, 2.05) is 14.0 Å². The van der Waals surface area contributed by atoms with Crippen LogP contribution in [0.25, 0.3) is 0 Å². The molecule has 7 nitrogen and oxygen atoms in total. The topological polar surface area (TPSA) is 78.9 Å². The summed E-state index contributed by atoms with van der Waals surface area (Å²) < 4.78 is 32.5. The van der Waals surface area contributed by atoms with Crippen LogP contribution in [0.5, 0.6) is 5.75 Å². The molecule has 2 aromatic rings. The van der Waals surface area contributed by atoms with E-state index in [9.17, 15) is 13.2 Å². The first-order valence-corrected chi connectivity index (χ1v) is 11.1. The summed E-state index contributed by atoms with van der Waals surface area (Å²) in [5.74, 6) is 0.444. The van der Waals surface area contributed by atoms with Gasteiger partial charge in [-0.2, -0.15) is 4.31 Å². The van der Waals surface area contributed by atoms with Gasteiger partial charge >= 0.3 is 0 Å². The van der Waals surface area contributed by atoms with Gasteiger partial charge in [0.15, 0.2) is 0 Å². The number of nitrogens with zero attached hydrogens (tertiary/aromatic N) is 2. The SMILES string of the molecule is CCOc1cccc(C(=O)NCc2ccc(S(=O)(=O)N3CCN(C)CC3)cc2)c1. The molecule has 29 heavy (non-hydrogen) atoms. The predicted octanol–water partition coefficient (Wildman–Crippen LogP) is 1.95. The standard InChI is InChI=1S/C21H27N3O4S/c1-3-28-19-6-4-5-18(15-19)21(25)22-16-17-7-9-20(10-8-17)29(26,27)24-13-11-23(2)12-14-24/h4-10,15H,3,11-14,16H2,1-2H3,(H,22,25). The minimum atomic E-state index is -3.48. The largest absolute Gasteiger partial charge is 0.494 e. The van der Waals surface area contributed by atoms with Crippen molar-refractivity contribution in [2.75, 3.05) is 39.8 Å². The number of nitrogens with one attached hydrogen (secondary N) is 1. The summed E-state index contributed by atoms with van der Waals surface area (Å²) >= 11 is 0. The van der Waals surface area contributed by atoms with E-state index in [0.717, 1.165) is 18.7 Å². The Balaban J connectivity index is 1.60. The number of ether oxygens (including phenoxy) is 1. The molecule has 1 saturated heterocycles. The molecule has 0 atom stereocenters. The van der Waals surface area contributed by atoms with Crippen LogP contribution in [0.3, 0.4) is 0 Å². The second-order valence-corrected chi connectivity index (χ2v) is 8.93. The van der Waals surface area contributed by atoms with E-state index >= 15 is 0 Å². The maximum absolute atomic E-state index is 12.8. The Labute approximate surface area is 172 Å². The van der Waals surface area contributed by atoms with Gasteiger partial charge in [-0.3, -0.25) is 4.79 Å². The summed E-state index contributed by atoms with van der Waals surface area (Å²) in [7, 11) is -1.50. The first-order valence-electron chi connectivity index (χ1n) is 9.69. The second kappa shape index (κ2) is 9.39. The van der Waals surface area contributed by atoms with Crippen LogP contribution in [0.1, 0.15) is 22.8 Å². The van der Waals surface area contributed by atoms with Crippen molar-refractivity contribution in [3.8, 4) is 5.75 Å². The lowest BCUT2D eigenvalue weighted by atomic mass is 10.2. The zero-order valence-electron chi connectivity index (χ0n) is 16.8. The summed E-state index contributed by atoms with van der Waals surface area (Å²) in [5.41, 5.74) is 1.35. The van der Waals surface area contributed by atoms with Gasteiger partial charge in [0.05, 0.1) is 11.5 Å². The Kier molecular flexibility index (Phi) is 6.89. The number of likely N-dealkylation sites (N-methyl/N-ethyl adjacent to an activating group) is 1. The quantitative estimate of drug-likeness (QED) is 0.745. The monoisotopic (exact) mass is 417 g/mol. The van der Waals surface area contributed by atoms with Crippen molar-refractivity contribution in [2.45, 2.75) is 18.4 Å². The molecule has 2 aromatic carbocycles. The van der Waals surface area contributed by atoms with Gasteiger partial charge in [0.25, 0.3) is 5.91 Å². The maximum atomic E-state index is 12.8. The van der Waals surface area contributed by atoms with Gasteiger partial charge in [0, 0.05) is 38.3 Å². The van der Waals surface area contributed by atoms with Crippen molar-refractivity contribution >= 4 is 15.9 Å². The zero-order valence-corrected chi connectivity index (χ0v) is 17.6. The summed E-state index contributed by atoms with van der Waals surface area (Å²) in [4.78, 5) is 14.8. The second-order valence-electron chi connectivity index (χ2n) is 6.99. The molecule has 1 heterocycles. The number of carbonyl (C=O) groups excluding carboxylic acids is 1. The van der Waals surface area contributed by atoms with Crippen molar-refractivity contribution in [2.24, 2.45) is 0 Å². The van der Waals surface area contributed by atoms with E-state index in [2.05, 4.69) is 10.2 Å². The highest BCUT2D eigenvalue weighted by atomic mass is 32.2. The summed E-state index contributed by atoms with van der Waals surface area (Å²) in [5, 5.41) is 2.85. The lowest BCUT2D eigenvalue weighted by molar-refractivity contribution is 0.0950. The molecule has 0 aliphatic carbocycles. The number of hydrogen-bond donors (Lipinski definition) is 1. The van der Waals surface area contributed by atoms with Gasteiger partial charge in [-0.25, -0.2) is 8.42 Å². The molecule has 0 radical (unpaired) electrons. The molecule has 1 fully saturated rings. The molecule has 0 unspecified atom stereocenters. The van der Waals surface area contributed by atoms with Gasteiger partial charge in [-0.1, -0.05) is 18.2 Å². The Bertz CT molecular complexity index is 937. The van der Waals surface area contributed by atoms with Crippen LogP contribution in [0.4, 0.5) is 0 Å². The van der Waals surface area contributed by atoms with Crippen LogP contribution in [-0.4, -0.2) is 63.4 Å².